The minimum Gasteiger partial charge on any atom is -0.404 e. The Morgan fingerprint density at radius 2 is 1.90 bits per heavy atom. The van der Waals surface area contributed by atoms with E-state index >= 15 is 4.39 Å². The Hall–Kier alpha value is -2.42. The molecule has 0 saturated heterocycles. The van der Waals surface area contributed by atoms with Crippen molar-refractivity contribution in [2.75, 3.05) is 0 Å². The second-order valence-electron chi connectivity index (χ2n) is 10.4. The van der Waals surface area contributed by atoms with E-state index in [1.807, 2.05) is 42.5 Å². The fraction of sp³-hybridized carbons (Fsp3) is 0.464. The highest BCUT2D eigenvalue weighted by Crippen LogP contribution is 2.66. The molecule has 1 aromatic rings. The largest absolute Gasteiger partial charge is 0.404 e. The van der Waals surface area contributed by atoms with Gasteiger partial charge >= 0.3 is 0 Å². The third kappa shape index (κ3) is 3.00. The first-order valence-corrected chi connectivity index (χ1v) is 11.7. The number of benzene rings is 1. The van der Waals surface area contributed by atoms with Gasteiger partial charge < -0.3 is 5.73 Å². The van der Waals surface area contributed by atoms with Gasteiger partial charge in [-0.3, -0.25) is 0 Å². The zero-order valence-corrected chi connectivity index (χ0v) is 18.7. The van der Waals surface area contributed by atoms with Gasteiger partial charge in [0.15, 0.2) is 0 Å². The number of rotatable bonds is 2. The van der Waals surface area contributed by atoms with E-state index in [1.54, 1.807) is 6.20 Å². The van der Waals surface area contributed by atoms with Gasteiger partial charge in [-0.1, -0.05) is 38.1 Å². The first-order chi connectivity index (χ1) is 14.9. The average molecular weight is 417 g/mol. The van der Waals surface area contributed by atoms with Crippen LogP contribution in [0.15, 0.2) is 83.3 Å². The van der Waals surface area contributed by atoms with Crippen molar-refractivity contribution < 1.29 is 4.39 Å². The minimum atomic E-state index is -0.238. The van der Waals surface area contributed by atoms with Gasteiger partial charge in [0.25, 0.3) is 0 Å². The van der Waals surface area contributed by atoms with E-state index in [0.29, 0.717) is 17.8 Å². The van der Waals surface area contributed by atoms with Gasteiger partial charge in [-0.25, -0.2) is 9.38 Å². The number of hydrogen-bond donors (Lipinski definition) is 1. The Morgan fingerprint density at radius 1 is 1.13 bits per heavy atom. The van der Waals surface area contributed by atoms with Crippen LogP contribution in [0.4, 0.5) is 10.1 Å². The van der Waals surface area contributed by atoms with Gasteiger partial charge in [0, 0.05) is 5.41 Å². The maximum atomic E-state index is 15.7. The number of para-hydroxylation sites is 1. The van der Waals surface area contributed by atoms with Crippen LogP contribution in [-0.4, -0.2) is 5.71 Å². The Kier molecular flexibility index (Phi) is 4.84. The molecule has 162 valence electrons. The van der Waals surface area contributed by atoms with E-state index in [0.717, 1.165) is 35.4 Å². The molecular formula is C28H33FN2. The molecule has 0 aliphatic heterocycles. The summed E-state index contributed by atoms with van der Waals surface area (Å²) >= 11 is 0. The van der Waals surface area contributed by atoms with Crippen LogP contribution in [-0.2, 0) is 0 Å². The van der Waals surface area contributed by atoms with Crippen LogP contribution >= 0.6 is 0 Å². The molecule has 0 amide bonds. The summed E-state index contributed by atoms with van der Waals surface area (Å²) in [6.45, 7) is 8.79. The lowest BCUT2D eigenvalue weighted by molar-refractivity contribution is -0.00546. The Balaban J connectivity index is 1.59. The monoisotopic (exact) mass is 416 g/mol. The molecule has 1 aromatic carbocycles. The number of halogens is 1. The maximum Gasteiger partial charge on any atom is 0.123 e. The van der Waals surface area contributed by atoms with Gasteiger partial charge in [0.05, 0.1) is 11.4 Å². The van der Waals surface area contributed by atoms with E-state index in [4.69, 9.17) is 10.7 Å². The topological polar surface area (TPSA) is 38.4 Å². The standard InChI is InChI=1S/C28H33FN2/c1-4-19-10-11-22-21-14-25(29)24-15-26(31-20-8-6-5-7-9-20)18(17-30)16-28(24,3)23(21)12-13-27(19,22)2/h4-9,14-15,17,19,21-23H,1,10-13,16,30H2,2-3H3. The third-order valence-corrected chi connectivity index (χ3v) is 9.09. The van der Waals surface area contributed by atoms with E-state index in [9.17, 15) is 0 Å². The van der Waals surface area contributed by atoms with Gasteiger partial charge in [-0.05, 0) is 103 Å². The van der Waals surface area contributed by atoms with E-state index in [-0.39, 0.29) is 22.6 Å². The summed E-state index contributed by atoms with van der Waals surface area (Å²) in [7, 11) is 0. The van der Waals surface area contributed by atoms with Crippen LogP contribution in [0.2, 0.25) is 0 Å². The fourth-order valence-electron chi connectivity index (χ4n) is 7.40. The van der Waals surface area contributed by atoms with E-state index in [1.165, 1.54) is 19.3 Å². The third-order valence-electron chi connectivity index (χ3n) is 9.09. The van der Waals surface area contributed by atoms with Crippen molar-refractivity contribution in [3.05, 3.63) is 78.3 Å². The number of nitrogens with zero attached hydrogens (tertiary/aromatic N) is 1. The van der Waals surface area contributed by atoms with Crippen LogP contribution < -0.4 is 5.73 Å². The molecule has 2 nitrogen and oxygen atoms in total. The smallest absolute Gasteiger partial charge is 0.123 e. The SMILES string of the molecule is C=CC1CCC2C3C=C(F)C4=CC(=Nc5ccccc5)C(=CN)CC4(C)C3CCC12C. The molecule has 2 saturated carbocycles. The molecule has 0 spiro atoms. The van der Waals surface area contributed by atoms with Crippen LogP contribution in [0.3, 0.4) is 0 Å². The minimum absolute atomic E-state index is 0.0492. The predicted octanol–water partition coefficient (Wildman–Crippen LogP) is 7.05. The maximum absolute atomic E-state index is 15.7. The molecule has 0 heterocycles. The highest BCUT2D eigenvalue weighted by atomic mass is 19.1. The number of hydrogen-bond acceptors (Lipinski definition) is 2. The fourth-order valence-corrected chi connectivity index (χ4v) is 7.40. The summed E-state index contributed by atoms with van der Waals surface area (Å²) in [5.41, 5.74) is 9.58. The Bertz CT molecular complexity index is 1020. The average Bonchev–Trinajstić information content (AvgIpc) is 3.11. The van der Waals surface area contributed by atoms with Crippen molar-refractivity contribution in [2.45, 2.75) is 46.0 Å². The second-order valence-corrected chi connectivity index (χ2v) is 10.4. The van der Waals surface area contributed by atoms with Crippen molar-refractivity contribution in [2.24, 2.45) is 45.2 Å². The molecule has 2 N–H and O–H groups in total. The molecule has 0 radical (unpaired) electrons. The first-order valence-electron chi connectivity index (χ1n) is 11.7. The normalized spacial score (nSPS) is 41.8. The van der Waals surface area contributed by atoms with Gasteiger partial charge in [-0.2, -0.15) is 0 Å². The molecule has 5 rings (SSSR count). The molecule has 6 unspecified atom stereocenters. The van der Waals surface area contributed by atoms with Crippen molar-refractivity contribution in [3.8, 4) is 0 Å². The highest BCUT2D eigenvalue weighted by molar-refractivity contribution is 6.11. The van der Waals surface area contributed by atoms with Crippen molar-refractivity contribution in [1.29, 1.82) is 0 Å². The van der Waals surface area contributed by atoms with Crippen LogP contribution in [0.5, 0.6) is 0 Å². The van der Waals surface area contributed by atoms with Gasteiger partial charge in [-0.15, -0.1) is 6.58 Å². The first kappa shape index (κ1) is 20.5. The number of allylic oxidation sites excluding steroid dienone is 6. The van der Waals surface area contributed by atoms with Crippen molar-refractivity contribution in [3.63, 3.8) is 0 Å². The van der Waals surface area contributed by atoms with Crippen LogP contribution in [0, 0.1) is 34.5 Å². The van der Waals surface area contributed by atoms with E-state index < -0.39 is 0 Å². The molecule has 31 heavy (non-hydrogen) atoms. The highest BCUT2D eigenvalue weighted by Gasteiger charge is 2.58. The summed E-state index contributed by atoms with van der Waals surface area (Å²) < 4.78 is 15.7. The number of nitrogens with two attached hydrogens (primary N) is 1. The number of fused-ring (bicyclic) bond motifs is 5. The zero-order valence-electron chi connectivity index (χ0n) is 18.7. The lowest BCUT2D eigenvalue weighted by atomic mass is 9.48. The lowest BCUT2D eigenvalue weighted by Crippen LogP contribution is -2.49. The van der Waals surface area contributed by atoms with Crippen LogP contribution in [0.1, 0.15) is 46.0 Å². The predicted molar refractivity (Wildman–Crippen MR) is 127 cm³/mol. The summed E-state index contributed by atoms with van der Waals surface area (Å²) in [6, 6.07) is 9.84. The molecule has 6 atom stereocenters. The van der Waals surface area contributed by atoms with Crippen molar-refractivity contribution >= 4 is 11.4 Å². The molecular weight excluding hydrogens is 383 g/mol. The summed E-state index contributed by atoms with van der Waals surface area (Å²) in [4.78, 5) is 4.80. The molecule has 2 fully saturated rings. The Morgan fingerprint density at radius 3 is 2.61 bits per heavy atom. The van der Waals surface area contributed by atoms with E-state index in [2.05, 4.69) is 26.5 Å². The number of aliphatic imine (C=N–C) groups is 1. The summed E-state index contributed by atoms with van der Waals surface area (Å²) in [5, 5.41) is 0. The second kappa shape index (κ2) is 7.32. The molecule has 4 aliphatic carbocycles. The molecule has 4 aliphatic rings. The molecule has 0 bridgehead atoms. The molecule has 0 aromatic heterocycles. The van der Waals surface area contributed by atoms with Gasteiger partial charge in [0.1, 0.15) is 5.83 Å². The summed E-state index contributed by atoms with van der Waals surface area (Å²) in [6.07, 6.45) is 13.2. The lowest BCUT2D eigenvalue weighted by Gasteiger charge is -2.56. The van der Waals surface area contributed by atoms with Crippen LogP contribution in [0.25, 0.3) is 0 Å². The van der Waals surface area contributed by atoms with Gasteiger partial charge in [0.2, 0.25) is 0 Å². The quantitative estimate of drug-likeness (QED) is 0.515. The van der Waals surface area contributed by atoms with Crippen molar-refractivity contribution in [1.82, 2.24) is 0 Å². The Labute approximate surface area is 185 Å². The molecule has 3 heteroatoms. The zero-order chi connectivity index (χ0) is 21.8. The summed E-state index contributed by atoms with van der Waals surface area (Å²) in [5.74, 6) is 1.76.